The van der Waals surface area contributed by atoms with Crippen LogP contribution >= 0.6 is 0 Å². The number of nitrogens with zero attached hydrogens (tertiary/aromatic N) is 5. The second-order valence-corrected chi connectivity index (χ2v) is 10.9. The van der Waals surface area contributed by atoms with E-state index in [1.54, 1.807) is 25.7 Å². The first kappa shape index (κ1) is 28.9. The topological polar surface area (TPSA) is 142 Å². The Hall–Kier alpha value is -2.64. The van der Waals surface area contributed by atoms with Crippen LogP contribution in [-0.4, -0.2) is 151 Å². The van der Waals surface area contributed by atoms with E-state index in [1.807, 2.05) is 4.90 Å². The van der Waals surface area contributed by atoms with Crippen molar-refractivity contribution >= 4 is 24.1 Å². The fraction of sp³-hybridized carbons (Fsp3) is 0.833. The number of hydrogen-bond donors (Lipinski definition) is 3. The van der Waals surface area contributed by atoms with Crippen molar-refractivity contribution in [2.45, 2.75) is 45.3 Å². The first-order valence-electron chi connectivity index (χ1n) is 13.2. The fourth-order valence-corrected chi connectivity index (χ4v) is 4.75. The number of amides is 2. The van der Waals surface area contributed by atoms with Crippen molar-refractivity contribution in [1.82, 2.24) is 29.8 Å². The van der Waals surface area contributed by atoms with Gasteiger partial charge < -0.3 is 29.3 Å². The van der Waals surface area contributed by atoms with E-state index in [-0.39, 0.29) is 24.6 Å². The molecule has 1 atom stereocenters. The monoisotopic (exact) mass is 525 g/mol. The van der Waals surface area contributed by atoms with Crippen molar-refractivity contribution in [3.05, 3.63) is 0 Å². The van der Waals surface area contributed by atoms with Gasteiger partial charge in [-0.2, -0.15) is 0 Å². The molecule has 13 heteroatoms. The van der Waals surface area contributed by atoms with Crippen LogP contribution in [0.4, 0.5) is 9.59 Å². The number of guanidine groups is 1. The molecule has 3 aliphatic rings. The largest absolute Gasteiger partial charge is 0.481 e. The number of carbonyl (C=O) groups excluding carboxylic acids is 2. The van der Waals surface area contributed by atoms with Crippen molar-refractivity contribution in [2.24, 2.45) is 0 Å². The third-order valence-electron chi connectivity index (χ3n) is 6.73. The molecule has 37 heavy (non-hydrogen) atoms. The van der Waals surface area contributed by atoms with Crippen molar-refractivity contribution in [3.63, 3.8) is 0 Å². The number of hydrogen-bond acceptors (Lipinski definition) is 9. The number of aliphatic carboxylic acids is 1. The van der Waals surface area contributed by atoms with Crippen LogP contribution in [0, 0.1) is 5.41 Å². The van der Waals surface area contributed by atoms with Gasteiger partial charge in [-0.15, -0.1) is 0 Å². The molecule has 3 saturated heterocycles. The molecule has 13 nitrogen and oxygen atoms in total. The number of carboxylic acid groups (broad SMARTS) is 1. The Morgan fingerprint density at radius 2 is 1.59 bits per heavy atom. The van der Waals surface area contributed by atoms with Crippen LogP contribution in [0.1, 0.15) is 33.6 Å². The van der Waals surface area contributed by atoms with Gasteiger partial charge in [-0.05, 0) is 33.7 Å². The molecule has 0 saturated carbocycles. The van der Waals surface area contributed by atoms with Crippen molar-refractivity contribution in [2.75, 3.05) is 85.1 Å². The minimum Gasteiger partial charge on any atom is -0.481 e. The number of nitrogens with one attached hydrogen (secondary N) is 2. The minimum atomic E-state index is -0.768. The van der Waals surface area contributed by atoms with E-state index in [4.69, 9.17) is 20.0 Å². The van der Waals surface area contributed by atoms with Gasteiger partial charge in [0.1, 0.15) is 11.7 Å². The van der Waals surface area contributed by atoms with E-state index in [9.17, 15) is 14.4 Å². The summed E-state index contributed by atoms with van der Waals surface area (Å²) in [5, 5.41) is 19.5. The highest BCUT2D eigenvalue weighted by Crippen LogP contribution is 2.15. The van der Waals surface area contributed by atoms with Crippen LogP contribution in [0.5, 0.6) is 0 Å². The summed E-state index contributed by atoms with van der Waals surface area (Å²) in [4.78, 5) is 45.3. The van der Waals surface area contributed by atoms with E-state index in [1.165, 1.54) is 0 Å². The molecule has 2 amide bonds. The lowest BCUT2D eigenvalue weighted by Gasteiger charge is -2.36. The van der Waals surface area contributed by atoms with Crippen molar-refractivity contribution in [1.29, 1.82) is 5.41 Å². The highest BCUT2D eigenvalue weighted by atomic mass is 16.6. The van der Waals surface area contributed by atoms with Crippen molar-refractivity contribution in [3.8, 4) is 0 Å². The van der Waals surface area contributed by atoms with Gasteiger partial charge in [-0.3, -0.25) is 25.3 Å². The molecule has 3 N–H and O–H groups in total. The zero-order chi connectivity index (χ0) is 27.0. The first-order valence-corrected chi connectivity index (χ1v) is 13.2. The van der Waals surface area contributed by atoms with Crippen LogP contribution < -0.4 is 5.32 Å². The Kier molecular flexibility index (Phi) is 10.4. The summed E-state index contributed by atoms with van der Waals surface area (Å²) in [7, 11) is 0. The van der Waals surface area contributed by atoms with Gasteiger partial charge in [0, 0.05) is 72.0 Å². The highest BCUT2D eigenvalue weighted by Gasteiger charge is 2.33. The van der Waals surface area contributed by atoms with Gasteiger partial charge >= 0.3 is 18.2 Å². The third kappa shape index (κ3) is 9.97. The maximum Gasteiger partial charge on any atom is 0.414 e. The Labute approximate surface area is 219 Å². The zero-order valence-corrected chi connectivity index (χ0v) is 22.4. The van der Waals surface area contributed by atoms with Crippen LogP contribution in [0.15, 0.2) is 0 Å². The molecule has 0 aliphatic carbocycles. The molecular formula is C24H43N7O6. The summed E-state index contributed by atoms with van der Waals surface area (Å²) in [6.45, 7) is 15.0. The van der Waals surface area contributed by atoms with Gasteiger partial charge in [0.15, 0.2) is 0 Å². The summed E-state index contributed by atoms with van der Waals surface area (Å²) in [6, 6.07) is 0. The molecule has 3 heterocycles. The molecule has 1 unspecified atom stereocenters. The lowest BCUT2D eigenvalue weighted by atomic mass is 10.2. The number of rotatable bonds is 9. The van der Waals surface area contributed by atoms with Gasteiger partial charge in [0.2, 0.25) is 5.96 Å². The summed E-state index contributed by atoms with van der Waals surface area (Å²) in [5.41, 5.74) is -0.606. The third-order valence-corrected chi connectivity index (χ3v) is 6.73. The average molecular weight is 526 g/mol. The minimum absolute atomic E-state index is 0.0569. The van der Waals surface area contributed by atoms with Gasteiger partial charge in [-0.25, -0.2) is 9.59 Å². The maximum atomic E-state index is 12.3. The van der Waals surface area contributed by atoms with E-state index >= 15 is 0 Å². The highest BCUT2D eigenvalue weighted by molar-refractivity contribution is 5.92. The van der Waals surface area contributed by atoms with Gasteiger partial charge in [0.25, 0.3) is 0 Å². The Morgan fingerprint density at radius 3 is 2.22 bits per heavy atom. The second-order valence-electron chi connectivity index (χ2n) is 10.9. The molecule has 0 aromatic carbocycles. The average Bonchev–Trinajstić information content (AvgIpc) is 3.16. The Balaban J connectivity index is 1.27. The van der Waals surface area contributed by atoms with E-state index < -0.39 is 17.7 Å². The quantitative estimate of drug-likeness (QED) is 0.285. The molecule has 0 aromatic heterocycles. The van der Waals surface area contributed by atoms with Gasteiger partial charge in [0.05, 0.1) is 13.0 Å². The molecule has 0 radical (unpaired) electrons. The summed E-state index contributed by atoms with van der Waals surface area (Å²) >= 11 is 0. The molecule has 0 spiro atoms. The normalized spacial score (nSPS) is 22.1. The van der Waals surface area contributed by atoms with Crippen molar-refractivity contribution < 1.29 is 29.0 Å². The predicted molar refractivity (Wildman–Crippen MR) is 137 cm³/mol. The number of alkyl carbamates (subject to hydrolysis) is 1. The lowest BCUT2D eigenvalue weighted by Crippen LogP contribution is -2.53. The van der Waals surface area contributed by atoms with Crippen LogP contribution in [-0.2, 0) is 14.3 Å². The zero-order valence-electron chi connectivity index (χ0n) is 22.4. The fourth-order valence-electron chi connectivity index (χ4n) is 4.75. The Morgan fingerprint density at radius 1 is 1.00 bits per heavy atom. The lowest BCUT2D eigenvalue weighted by molar-refractivity contribution is -0.137. The Bertz CT molecular complexity index is 804. The van der Waals surface area contributed by atoms with Gasteiger partial charge in [-0.1, -0.05) is 0 Å². The molecule has 0 bridgehead atoms. The number of carboxylic acids is 1. The molecule has 3 rings (SSSR count). The smallest absolute Gasteiger partial charge is 0.414 e. The standard InChI is InChI=1S/C24H43N7O6/c1-24(2,3)37-22(34)26-21(25)30-15-13-27(14-16-30)6-4-7-31-18-19(36-23(31)35)17-29-11-9-28(10-12-29)8-5-20(32)33/h19H,4-18H2,1-3H3,(H,32,33)(H2,25,26,34). The molecule has 0 aromatic rings. The van der Waals surface area contributed by atoms with Crippen LogP contribution in [0.2, 0.25) is 0 Å². The van der Waals surface area contributed by atoms with E-state index in [0.717, 1.165) is 52.2 Å². The molecule has 3 fully saturated rings. The summed E-state index contributed by atoms with van der Waals surface area (Å²) < 4.78 is 10.8. The summed E-state index contributed by atoms with van der Waals surface area (Å²) in [6.07, 6.45) is 0.00723. The molecular weight excluding hydrogens is 482 g/mol. The maximum absolute atomic E-state index is 12.3. The second kappa shape index (κ2) is 13.2. The van der Waals surface area contributed by atoms with E-state index in [0.29, 0.717) is 39.3 Å². The number of ether oxygens (including phenoxy) is 2. The van der Waals surface area contributed by atoms with Crippen LogP contribution in [0.3, 0.4) is 0 Å². The van der Waals surface area contributed by atoms with E-state index in [2.05, 4.69) is 20.0 Å². The first-order chi connectivity index (χ1) is 17.5. The molecule has 3 aliphatic heterocycles. The number of piperazine rings is 2. The number of carbonyl (C=O) groups is 3. The van der Waals surface area contributed by atoms with Crippen LogP contribution in [0.25, 0.3) is 0 Å². The predicted octanol–water partition coefficient (Wildman–Crippen LogP) is 0.367. The molecule has 210 valence electrons. The number of cyclic esters (lactones) is 1. The summed E-state index contributed by atoms with van der Waals surface area (Å²) in [5.74, 6) is -0.711. The SMILES string of the molecule is CC(C)(C)OC(=O)NC(=N)N1CCN(CCCN2CC(CN3CCN(CCC(=O)O)CC3)OC2=O)CC1.